The van der Waals surface area contributed by atoms with Gasteiger partial charge in [-0.25, -0.2) is 9.78 Å². The molecule has 0 spiro atoms. The van der Waals surface area contributed by atoms with E-state index in [9.17, 15) is 4.79 Å². The summed E-state index contributed by atoms with van der Waals surface area (Å²) in [6.07, 6.45) is 9.15. The van der Waals surface area contributed by atoms with E-state index in [-0.39, 0.29) is 6.03 Å². The first-order chi connectivity index (χ1) is 10.2. The maximum Gasteiger partial charge on any atom is 0.315 e. The van der Waals surface area contributed by atoms with Crippen LogP contribution in [0.2, 0.25) is 0 Å². The van der Waals surface area contributed by atoms with Gasteiger partial charge in [0.2, 0.25) is 0 Å². The predicted molar refractivity (Wildman–Crippen MR) is 88.0 cm³/mol. The number of nitrogens with one attached hydrogen (secondary N) is 2. The molecule has 0 aliphatic heterocycles. The molecule has 0 bridgehead atoms. The van der Waals surface area contributed by atoms with Crippen LogP contribution >= 0.6 is 11.3 Å². The van der Waals surface area contributed by atoms with Crippen LogP contribution < -0.4 is 10.6 Å². The number of urea groups is 1. The standard InChI is InChI=1S/C16H27N3OS/c1-3-14-12(2)21-15(19-14)10-11-17-16(20)18-13-8-6-4-5-7-9-13/h13H,3-11H2,1-2H3,(H2,17,18,20). The van der Waals surface area contributed by atoms with Crippen molar-refractivity contribution in [1.29, 1.82) is 0 Å². The lowest BCUT2D eigenvalue weighted by Crippen LogP contribution is -2.42. The van der Waals surface area contributed by atoms with Gasteiger partial charge in [0.15, 0.2) is 0 Å². The van der Waals surface area contributed by atoms with Crippen molar-refractivity contribution in [2.24, 2.45) is 0 Å². The molecule has 2 rings (SSSR count). The molecule has 1 aromatic heterocycles. The van der Waals surface area contributed by atoms with E-state index in [2.05, 4.69) is 29.5 Å². The molecule has 0 atom stereocenters. The molecule has 1 saturated carbocycles. The fraction of sp³-hybridized carbons (Fsp3) is 0.750. The average molecular weight is 309 g/mol. The molecule has 0 saturated heterocycles. The minimum Gasteiger partial charge on any atom is -0.338 e. The van der Waals surface area contributed by atoms with Gasteiger partial charge >= 0.3 is 6.03 Å². The Kier molecular flexibility index (Phi) is 6.49. The fourth-order valence-electron chi connectivity index (χ4n) is 2.87. The second-order valence-electron chi connectivity index (χ2n) is 5.80. The van der Waals surface area contributed by atoms with Crippen molar-refractivity contribution in [2.75, 3.05) is 6.54 Å². The van der Waals surface area contributed by atoms with Crippen LogP contribution in [0, 0.1) is 6.92 Å². The van der Waals surface area contributed by atoms with Crippen LogP contribution in [0.25, 0.3) is 0 Å². The second-order valence-corrected chi connectivity index (χ2v) is 7.09. The molecule has 0 unspecified atom stereocenters. The van der Waals surface area contributed by atoms with Crippen molar-refractivity contribution < 1.29 is 4.79 Å². The van der Waals surface area contributed by atoms with Crippen LogP contribution in [0.3, 0.4) is 0 Å². The van der Waals surface area contributed by atoms with E-state index >= 15 is 0 Å². The van der Waals surface area contributed by atoms with E-state index in [1.165, 1.54) is 36.3 Å². The smallest absolute Gasteiger partial charge is 0.315 e. The molecular formula is C16H27N3OS. The van der Waals surface area contributed by atoms with Crippen molar-refractivity contribution >= 4 is 17.4 Å². The van der Waals surface area contributed by atoms with Gasteiger partial charge in [-0.15, -0.1) is 11.3 Å². The van der Waals surface area contributed by atoms with Crippen molar-refractivity contribution in [1.82, 2.24) is 15.6 Å². The molecule has 118 valence electrons. The van der Waals surface area contributed by atoms with Crippen LogP contribution in [0.1, 0.15) is 61.0 Å². The van der Waals surface area contributed by atoms with Gasteiger partial charge in [-0.3, -0.25) is 0 Å². The van der Waals surface area contributed by atoms with E-state index in [1.807, 2.05) is 0 Å². The number of hydrogen-bond donors (Lipinski definition) is 2. The molecule has 21 heavy (non-hydrogen) atoms. The second kappa shape index (κ2) is 8.37. The number of rotatable bonds is 5. The lowest BCUT2D eigenvalue weighted by atomic mass is 10.1. The number of hydrogen-bond acceptors (Lipinski definition) is 3. The van der Waals surface area contributed by atoms with E-state index < -0.39 is 0 Å². The highest BCUT2D eigenvalue weighted by molar-refractivity contribution is 7.11. The Bertz CT molecular complexity index is 450. The maximum absolute atomic E-state index is 11.9. The van der Waals surface area contributed by atoms with Crippen molar-refractivity contribution in [3.05, 3.63) is 15.6 Å². The highest BCUT2D eigenvalue weighted by Crippen LogP contribution is 2.18. The summed E-state index contributed by atoms with van der Waals surface area (Å²) in [6, 6.07) is 0.340. The monoisotopic (exact) mass is 309 g/mol. The Hall–Kier alpha value is -1.10. The zero-order chi connectivity index (χ0) is 15.1. The first kappa shape index (κ1) is 16.3. The minimum absolute atomic E-state index is 0.0223. The summed E-state index contributed by atoms with van der Waals surface area (Å²) in [6.45, 7) is 4.91. The summed E-state index contributed by atoms with van der Waals surface area (Å²) in [4.78, 5) is 17.8. The molecule has 5 heteroatoms. The summed E-state index contributed by atoms with van der Waals surface area (Å²) < 4.78 is 0. The van der Waals surface area contributed by atoms with E-state index in [4.69, 9.17) is 0 Å². The van der Waals surface area contributed by atoms with Gasteiger partial charge in [-0.05, 0) is 26.2 Å². The van der Waals surface area contributed by atoms with Gasteiger partial charge in [0, 0.05) is 23.9 Å². The molecule has 2 N–H and O–H groups in total. The number of aryl methyl sites for hydroxylation is 2. The fourth-order valence-corrected chi connectivity index (χ4v) is 3.89. The summed E-state index contributed by atoms with van der Waals surface area (Å²) >= 11 is 1.75. The highest BCUT2D eigenvalue weighted by atomic mass is 32.1. The third kappa shape index (κ3) is 5.30. The van der Waals surface area contributed by atoms with Gasteiger partial charge in [-0.2, -0.15) is 0 Å². The highest BCUT2D eigenvalue weighted by Gasteiger charge is 2.14. The first-order valence-corrected chi connectivity index (χ1v) is 9.00. The Balaban J connectivity index is 1.68. The summed E-state index contributed by atoms with van der Waals surface area (Å²) in [5.74, 6) is 0. The number of carbonyl (C=O) groups is 1. The molecule has 0 aromatic carbocycles. The lowest BCUT2D eigenvalue weighted by molar-refractivity contribution is 0.235. The van der Waals surface area contributed by atoms with Crippen LogP contribution in [0.15, 0.2) is 0 Å². The zero-order valence-corrected chi connectivity index (χ0v) is 14.0. The first-order valence-electron chi connectivity index (χ1n) is 8.18. The van der Waals surface area contributed by atoms with Crippen molar-refractivity contribution in [3.8, 4) is 0 Å². The van der Waals surface area contributed by atoms with E-state index in [0.29, 0.717) is 12.6 Å². The number of amides is 2. The molecule has 2 amide bonds. The lowest BCUT2D eigenvalue weighted by Gasteiger charge is -2.16. The topological polar surface area (TPSA) is 54.0 Å². The Morgan fingerprint density at radius 2 is 2.00 bits per heavy atom. The summed E-state index contributed by atoms with van der Waals surface area (Å²) in [5, 5.41) is 7.19. The molecule has 1 aromatic rings. The van der Waals surface area contributed by atoms with Gasteiger partial charge < -0.3 is 10.6 Å². The quantitative estimate of drug-likeness (QED) is 0.817. The van der Waals surface area contributed by atoms with E-state index in [0.717, 1.165) is 30.7 Å². The number of nitrogens with zero attached hydrogens (tertiary/aromatic N) is 1. The molecule has 4 nitrogen and oxygen atoms in total. The normalized spacial score (nSPS) is 16.5. The molecule has 0 radical (unpaired) electrons. The van der Waals surface area contributed by atoms with Crippen LogP contribution in [0.5, 0.6) is 0 Å². The number of thiazole rings is 1. The van der Waals surface area contributed by atoms with Gasteiger partial charge in [0.05, 0.1) is 10.7 Å². The maximum atomic E-state index is 11.9. The van der Waals surface area contributed by atoms with E-state index in [1.54, 1.807) is 11.3 Å². The Morgan fingerprint density at radius 1 is 1.29 bits per heavy atom. The van der Waals surface area contributed by atoms with Crippen LogP contribution in [-0.4, -0.2) is 23.6 Å². The third-order valence-corrected chi connectivity index (χ3v) is 5.16. The zero-order valence-electron chi connectivity index (χ0n) is 13.2. The van der Waals surface area contributed by atoms with Gasteiger partial charge in [0.1, 0.15) is 0 Å². The molecular weight excluding hydrogens is 282 g/mol. The van der Waals surface area contributed by atoms with Crippen molar-refractivity contribution in [3.63, 3.8) is 0 Å². The number of carbonyl (C=O) groups excluding carboxylic acids is 1. The predicted octanol–water partition coefficient (Wildman–Crippen LogP) is 3.58. The molecule has 1 fully saturated rings. The largest absolute Gasteiger partial charge is 0.338 e. The average Bonchev–Trinajstić information content (AvgIpc) is 2.65. The summed E-state index contributed by atoms with van der Waals surface area (Å²) in [7, 11) is 0. The SMILES string of the molecule is CCc1nc(CCNC(=O)NC2CCCCCC2)sc1C. The molecule has 1 aliphatic rings. The Labute approximate surface area is 131 Å². The minimum atomic E-state index is -0.0223. The third-order valence-electron chi connectivity index (χ3n) is 4.09. The molecule has 1 heterocycles. The van der Waals surface area contributed by atoms with Crippen LogP contribution in [-0.2, 0) is 12.8 Å². The van der Waals surface area contributed by atoms with Gasteiger partial charge in [0.25, 0.3) is 0 Å². The van der Waals surface area contributed by atoms with Crippen LogP contribution in [0.4, 0.5) is 4.79 Å². The van der Waals surface area contributed by atoms with Crippen molar-refractivity contribution in [2.45, 2.75) is 71.3 Å². The molecule has 1 aliphatic carbocycles. The Morgan fingerprint density at radius 3 is 2.62 bits per heavy atom. The van der Waals surface area contributed by atoms with Gasteiger partial charge in [-0.1, -0.05) is 32.6 Å². The number of aromatic nitrogens is 1. The summed E-state index contributed by atoms with van der Waals surface area (Å²) in [5.41, 5.74) is 1.19.